The van der Waals surface area contributed by atoms with Crippen LogP contribution in [0.2, 0.25) is 0 Å². The number of fused-ring (bicyclic) bond motifs is 1. The summed E-state index contributed by atoms with van der Waals surface area (Å²) in [6, 6.07) is 6.98. The number of thiocarbonyl (C=S) groups is 1. The van der Waals surface area contributed by atoms with Gasteiger partial charge in [0.15, 0.2) is 18.1 Å². The minimum absolute atomic E-state index is 0.313. The van der Waals surface area contributed by atoms with Crippen LogP contribution in [0.25, 0.3) is 16.8 Å². The van der Waals surface area contributed by atoms with E-state index in [1.807, 2.05) is 0 Å². The number of carboxylic acid groups (broad SMARTS) is 1. The van der Waals surface area contributed by atoms with Crippen LogP contribution >= 0.6 is 24.0 Å². The van der Waals surface area contributed by atoms with Crippen molar-refractivity contribution in [2.75, 3.05) is 20.8 Å². The van der Waals surface area contributed by atoms with Gasteiger partial charge in [0, 0.05) is 5.56 Å². The van der Waals surface area contributed by atoms with E-state index in [9.17, 15) is 9.59 Å². The highest BCUT2D eigenvalue weighted by atomic mass is 32.2. The van der Waals surface area contributed by atoms with E-state index in [0.717, 1.165) is 17.1 Å². The molecule has 1 fully saturated rings. The Morgan fingerprint density at radius 1 is 1.22 bits per heavy atom. The zero-order valence-electron chi connectivity index (χ0n) is 14.4. The minimum atomic E-state index is -1.10. The van der Waals surface area contributed by atoms with E-state index in [1.54, 1.807) is 30.3 Å². The zero-order chi connectivity index (χ0) is 19.6. The third kappa shape index (κ3) is 3.99. The summed E-state index contributed by atoms with van der Waals surface area (Å²) in [6.07, 6.45) is 1.63. The highest BCUT2D eigenvalue weighted by Crippen LogP contribution is 2.39. The molecule has 0 unspecified atom stereocenters. The van der Waals surface area contributed by atoms with Gasteiger partial charge in [-0.3, -0.25) is 4.79 Å². The fourth-order valence-corrected chi connectivity index (χ4v) is 3.65. The number of thioether (sulfide) groups is 1. The smallest absolute Gasteiger partial charge is 0.341 e. The van der Waals surface area contributed by atoms with Crippen molar-refractivity contribution in [2.24, 2.45) is 0 Å². The molecule has 3 rings (SSSR count). The maximum absolute atomic E-state index is 12.1. The van der Waals surface area contributed by atoms with Gasteiger partial charge >= 0.3 is 5.97 Å². The number of hydrogen-bond donors (Lipinski definition) is 2. The molecule has 2 aromatic rings. The number of benzene rings is 2. The second-order valence-corrected chi connectivity index (χ2v) is 7.16. The molecular weight excluding hydrogens is 390 g/mol. The maximum atomic E-state index is 12.1. The van der Waals surface area contributed by atoms with Gasteiger partial charge in [-0.15, -0.1) is 0 Å². The number of aliphatic carboxylic acids is 1. The summed E-state index contributed by atoms with van der Waals surface area (Å²) < 4.78 is 16.5. The van der Waals surface area contributed by atoms with Gasteiger partial charge in [-0.2, -0.15) is 0 Å². The summed E-state index contributed by atoms with van der Waals surface area (Å²) >= 11 is 6.15. The van der Waals surface area contributed by atoms with Gasteiger partial charge in [0.2, 0.25) is 0 Å². The Labute approximate surface area is 164 Å². The van der Waals surface area contributed by atoms with Gasteiger partial charge < -0.3 is 24.6 Å². The quantitative estimate of drug-likeness (QED) is 0.560. The molecule has 27 heavy (non-hydrogen) atoms. The average Bonchev–Trinajstić information content (AvgIpc) is 2.96. The monoisotopic (exact) mass is 405 g/mol. The Bertz CT molecular complexity index is 985. The predicted molar refractivity (Wildman–Crippen MR) is 106 cm³/mol. The van der Waals surface area contributed by atoms with E-state index < -0.39 is 12.6 Å². The molecule has 0 aliphatic carbocycles. The number of carbonyl (C=O) groups excluding carboxylic acids is 1. The van der Waals surface area contributed by atoms with Crippen LogP contribution in [0.4, 0.5) is 0 Å². The standard InChI is InChI=1S/C18H15NO6S2/c1-23-13-5-9-3-4-12(25-8-16(20)21)11(10(9)6-14(13)24-2)7-15-17(22)19-18(26)27-15/h3-7H,8H2,1-2H3,(H,20,21)(H,19,22,26)/b15-7-. The number of rotatable bonds is 6. The largest absolute Gasteiger partial charge is 0.493 e. The summed E-state index contributed by atoms with van der Waals surface area (Å²) in [4.78, 5) is 23.4. The average molecular weight is 405 g/mol. The van der Waals surface area contributed by atoms with Crippen LogP contribution in [0, 0.1) is 0 Å². The second kappa shape index (κ2) is 7.85. The van der Waals surface area contributed by atoms with Crippen molar-refractivity contribution in [1.82, 2.24) is 5.32 Å². The summed E-state index contributed by atoms with van der Waals surface area (Å²) in [6.45, 7) is -0.507. The lowest BCUT2D eigenvalue weighted by Gasteiger charge is -2.14. The molecule has 9 heteroatoms. The molecule has 1 saturated heterocycles. The van der Waals surface area contributed by atoms with Crippen molar-refractivity contribution >= 4 is 57.0 Å². The highest BCUT2D eigenvalue weighted by molar-refractivity contribution is 8.26. The first-order chi connectivity index (χ1) is 12.9. The second-order valence-electron chi connectivity index (χ2n) is 5.44. The molecule has 1 aliphatic rings. The van der Waals surface area contributed by atoms with Crippen molar-refractivity contribution in [1.29, 1.82) is 0 Å². The molecule has 0 bridgehead atoms. The van der Waals surface area contributed by atoms with Crippen molar-refractivity contribution in [3.05, 3.63) is 34.7 Å². The van der Waals surface area contributed by atoms with Crippen LogP contribution in [-0.2, 0) is 9.59 Å². The first kappa shape index (κ1) is 19.0. The van der Waals surface area contributed by atoms with Crippen molar-refractivity contribution < 1.29 is 28.9 Å². The van der Waals surface area contributed by atoms with Crippen molar-refractivity contribution in [3.8, 4) is 17.2 Å². The third-order valence-electron chi connectivity index (χ3n) is 3.79. The summed E-state index contributed by atoms with van der Waals surface area (Å²) in [7, 11) is 3.06. The summed E-state index contributed by atoms with van der Waals surface area (Å²) in [5, 5.41) is 13.0. The molecule has 1 amide bonds. The van der Waals surface area contributed by atoms with Gasteiger partial charge in [0.05, 0.1) is 19.1 Å². The van der Waals surface area contributed by atoms with Gasteiger partial charge in [-0.05, 0) is 35.0 Å². The van der Waals surface area contributed by atoms with Crippen LogP contribution < -0.4 is 19.5 Å². The predicted octanol–water partition coefficient (Wildman–Crippen LogP) is 2.81. The van der Waals surface area contributed by atoms with E-state index in [4.69, 9.17) is 31.5 Å². The van der Waals surface area contributed by atoms with Crippen LogP contribution in [0.1, 0.15) is 5.56 Å². The van der Waals surface area contributed by atoms with Gasteiger partial charge in [0.1, 0.15) is 10.1 Å². The lowest BCUT2D eigenvalue weighted by Crippen LogP contribution is -2.17. The molecule has 2 aromatic carbocycles. The number of methoxy groups -OCH3 is 2. The van der Waals surface area contributed by atoms with Gasteiger partial charge in [-0.1, -0.05) is 30.0 Å². The molecule has 0 radical (unpaired) electrons. The summed E-state index contributed by atoms with van der Waals surface area (Å²) in [5.41, 5.74) is 0.553. The van der Waals surface area contributed by atoms with Gasteiger partial charge in [0.25, 0.3) is 5.91 Å². The molecule has 0 atom stereocenters. The fraction of sp³-hybridized carbons (Fsp3) is 0.167. The Morgan fingerprint density at radius 2 is 1.93 bits per heavy atom. The van der Waals surface area contributed by atoms with E-state index in [2.05, 4.69) is 5.32 Å². The SMILES string of the molecule is COc1cc2ccc(OCC(=O)O)c(/C=C3\SC(=S)NC3=O)c2cc1OC. The molecule has 7 nitrogen and oxygen atoms in total. The molecule has 0 aromatic heterocycles. The molecule has 0 saturated carbocycles. The number of carboxylic acids is 1. The minimum Gasteiger partial charge on any atom is -0.493 e. The van der Waals surface area contributed by atoms with Crippen molar-refractivity contribution in [2.45, 2.75) is 0 Å². The number of nitrogens with one attached hydrogen (secondary N) is 1. The van der Waals surface area contributed by atoms with Crippen molar-refractivity contribution in [3.63, 3.8) is 0 Å². The van der Waals surface area contributed by atoms with Crippen LogP contribution in [0.3, 0.4) is 0 Å². The third-order valence-corrected chi connectivity index (χ3v) is 4.96. The molecule has 1 heterocycles. The molecule has 140 valence electrons. The number of ether oxygens (including phenoxy) is 3. The van der Waals surface area contributed by atoms with Crippen LogP contribution in [0.5, 0.6) is 17.2 Å². The van der Waals surface area contributed by atoms with E-state index in [-0.39, 0.29) is 5.91 Å². The first-order valence-corrected chi connectivity index (χ1v) is 8.93. The molecule has 1 aliphatic heterocycles. The lowest BCUT2D eigenvalue weighted by atomic mass is 10.0. The topological polar surface area (TPSA) is 94.1 Å². The molecule has 0 spiro atoms. The van der Waals surface area contributed by atoms with E-state index >= 15 is 0 Å². The zero-order valence-corrected chi connectivity index (χ0v) is 16.0. The normalized spacial score (nSPS) is 15.1. The Balaban J connectivity index is 2.22. The van der Waals surface area contributed by atoms with E-state index in [1.165, 1.54) is 14.2 Å². The number of amides is 1. The maximum Gasteiger partial charge on any atom is 0.341 e. The lowest BCUT2D eigenvalue weighted by molar-refractivity contribution is -0.139. The highest BCUT2D eigenvalue weighted by Gasteiger charge is 2.23. The number of hydrogen-bond acceptors (Lipinski definition) is 7. The Morgan fingerprint density at radius 3 is 2.52 bits per heavy atom. The number of carbonyl (C=O) groups is 2. The van der Waals surface area contributed by atoms with Gasteiger partial charge in [-0.25, -0.2) is 4.79 Å². The Kier molecular flexibility index (Phi) is 5.52. The Hall–Kier alpha value is -2.78. The van der Waals surface area contributed by atoms with Crippen LogP contribution in [0.15, 0.2) is 29.2 Å². The fourth-order valence-electron chi connectivity index (χ4n) is 2.62. The molecule has 2 N–H and O–H groups in total. The summed E-state index contributed by atoms with van der Waals surface area (Å²) in [5.74, 6) is -0.0336. The first-order valence-electron chi connectivity index (χ1n) is 7.71. The molecular formula is C18H15NO6S2. The van der Waals surface area contributed by atoms with E-state index in [0.29, 0.717) is 37.4 Å². The van der Waals surface area contributed by atoms with Crippen LogP contribution in [-0.4, -0.2) is 42.1 Å².